The van der Waals surface area contributed by atoms with Crippen LogP contribution >= 0.6 is 0 Å². The van der Waals surface area contributed by atoms with E-state index < -0.39 is 0 Å². The molecule has 1 atom stereocenters. The van der Waals surface area contributed by atoms with Crippen molar-refractivity contribution >= 4 is 0 Å². The summed E-state index contributed by atoms with van der Waals surface area (Å²) in [6.45, 7) is 7.76. The molecular formula is C12H20N6. The van der Waals surface area contributed by atoms with E-state index in [0.717, 1.165) is 17.9 Å². The van der Waals surface area contributed by atoms with Crippen LogP contribution in [0.3, 0.4) is 0 Å². The monoisotopic (exact) mass is 248 g/mol. The van der Waals surface area contributed by atoms with Crippen LogP contribution in [0.5, 0.6) is 0 Å². The summed E-state index contributed by atoms with van der Waals surface area (Å²) in [6, 6.07) is 0.00674. The number of hydrogen-bond donors (Lipinski definition) is 1. The first kappa shape index (κ1) is 12.8. The highest BCUT2D eigenvalue weighted by molar-refractivity contribution is 5.08. The van der Waals surface area contributed by atoms with Crippen LogP contribution in [-0.2, 0) is 13.1 Å². The van der Waals surface area contributed by atoms with Gasteiger partial charge in [-0.3, -0.25) is 4.68 Å². The van der Waals surface area contributed by atoms with Gasteiger partial charge in [0.15, 0.2) is 0 Å². The molecule has 0 aromatic carbocycles. The lowest BCUT2D eigenvalue weighted by molar-refractivity contribution is 0.456. The molecule has 2 rings (SSSR count). The molecule has 2 heterocycles. The van der Waals surface area contributed by atoms with Crippen LogP contribution in [0.4, 0.5) is 0 Å². The van der Waals surface area contributed by atoms with Gasteiger partial charge >= 0.3 is 0 Å². The van der Waals surface area contributed by atoms with Gasteiger partial charge in [0, 0.05) is 24.3 Å². The van der Waals surface area contributed by atoms with E-state index in [4.69, 9.17) is 5.73 Å². The van der Waals surface area contributed by atoms with E-state index in [0.29, 0.717) is 12.5 Å². The van der Waals surface area contributed by atoms with Crippen molar-refractivity contribution in [2.45, 2.75) is 39.9 Å². The molecule has 0 fully saturated rings. The zero-order valence-corrected chi connectivity index (χ0v) is 11.1. The Hall–Kier alpha value is -1.69. The molecule has 0 bridgehead atoms. The minimum atomic E-state index is 0.00674. The molecular weight excluding hydrogens is 228 g/mol. The first-order chi connectivity index (χ1) is 8.56. The Labute approximate surface area is 107 Å². The van der Waals surface area contributed by atoms with E-state index in [1.807, 2.05) is 22.5 Å². The number of nitrogens with two attached hydrogens (primary N) is 1. The quantitative estimate of drug-likeness (QED) is 0.862. The van der Waals surface area contributed by atoms with Gasteiger partial charge in [-0.1, -0.05) is 13.8 Å². The Kier molecular flexibility index (Phi) is 3.76. The molecule has 2 aromatic heterocycles. The third-order valence-electron chi connectivity index (χ3n) is 2.72. The van der Waals surface area contributed by atoms with Gasteiger partial charge in [-0.25, -0.2) is 9.67 Å². The summed E-state index contributed by atoms with van der Waals surface area (Å²) < 4.78 is 3.78. The smallest absolute Gasteiger partial charge is 0.148 e. The van der Waals surface area contributed by atoms with E-state index in [9.17, 15) is 0 Å². The van der Waals surface area contributed by atoms with Gasteiger partial charge in [0.2, 0.25) is 0 Å². The molecule has 98 valence electrons. The number of aromatic nitrogens is 5. The molecule has 2 aromatic rings. The summed E-state index contributed by atoms with van der Waals surface area (Å²) >= 11 is 0. The van der Waals surface area contributed by atoms with Crippen LogP contribution < -0.4 is 5.73 Å². The minimum Gasteiger partial charge on any atom is -0.324 e. The summed E-state index contributed by atoms with van der Waals surface area (Å²) in [6.07, 6.45) is 5.35. The second kappa shape index (κ2) is 5.30. The topological polar surface area (TPSA) is 74.5 Å². The standard InChI is InChI=1S/C12H20N6/c1-9(2)5-18-12(14-8-16-18)7-17-6-11(4-15-17)10(3)13/h4,6,8-10H,5,7,13H2,1-3H3. The fraction of sp³-hybridized carbons (Fsp3) is 0.583. The number of hydrogen-bond acceptors (Lipinski definition) is 4. The Morgan fingerprint density at radius 2 is 2.06 bits per heavy atom. The molecule has 0 aliphatic rings. The Bertz CT molecular complexity index is 496. The first-order valence-electron chi connectivity index (χ1n) is 6.21. The number of nitrogens with zero attached hydrogens (tertiary/aromatic N) is 5. The summed E-state index contributed by atoms with van der Waals surface area (Å²) in [7, 11) is 0. The van der Waals surface area contributed by atoms with Crippen molar-refractivity contribution in [1.82, 2.24) is 24.5 Å². The Balaban J connectivity index is 2.10. The van der Waals surface area contributed by atoms with Crippen LogP contribution in [0.25, 0.3) is 0 Å². The maximum atomic E-state index is 5.81. The summed E-state index contributed by atoms with van der Waals surface area (Å²) in [5, 5.41) is 8.52. The second-order valence-corrected chi connectivity index (χ2v) is 5.01. The van der Waals surface area contributed by atoms with Crippen LogP contribution in [0.15, 0.2) is 18.7 Å². The fourth-order valence-corrected chi connectivity index (χ4v) is 1.75. The lowest BCUT2D eigenvalue weighted by atomic mass is 10.2. The molecule has 18 heavy (non-hydrogen) atoms. The summed E-state index contributed by atoms with van der Waals surface area (Å²) in [4.78, 5) is 4.28. The summed E-state index contributed by atoms with van der Waals surface area (Å²) in [5.74, 6) is 1.46. The van der Waals surface area contributed by atoms with Gasteiger partial charge in [-0.2, -0.15) is 10.2 Å². The van der Waals surface area contributed by atoms with Gasteiger partial charge in [0.1, 0.15) is 18.7 Å². The van der Waals surface area contributed by atoms with Gasteiger partial charge in [0.05, 0.1) is 6.20 Å². The maximum Gasteiger partial charge on any atom is 0.148 e. The molecule has 0 saturated heterocycles. The van der Waals surface area contributed by atoms with Crippen molar-refractivity contribution in [2.75, 3.05) is 0 Å². The van der Waals surface area contributed by atoms with Crippen LogP contribution in [0.1, 0.15) is 38.2 Å². The highest BCUT2D eigenvalue weighted by atomic mass is 15.4. The minimum absolute atomic E-state index is 0.00674. The second-order valence-electron chi connectivity index (χ2n) is 5.01. The van der Waals surface area contributed by atoms with E-state index in [-0.39, 0.29) is 6.04 Å². The highest BCUT2D eigenvalue weighted by Gasteiger charge is 2.09. The molecule has 1 unspecified atom stereocenters. The van der Waals surface area contributed by atoms with Crippen LogP contribution in [0.2, 0.25) is 0 Å². The molecule has 0 aliphatic heterocycles. The van der Waals surface area contributed by atoms with Gasteiger partial charge in [-0.15, -0.1) is 0 Å². The van der Waals surface area contributed by atoms with Crippen molar-refractivity contribution in [3.05, 3.63) is 30.1 Å². The SMILES string of the molecule is CC(C)Cn1ncnc1Cn1cc(C(C)N)cn1. The fourth-order valence-electron chi connectivity index (χ4n) is 1.75. The van der Waals surface area contributed by atoms with Gasteiger partial charge < -0.3 is 5.73 Å². The third-order valence-corrected chi connectivity index (χ3v) is 2.72. The van der Waals surface area contributed by atoms with Crippen molar-refractivity contribution in [1.29, 1.82) is 0 Å². The zero-order valence-electron chi connectivity index (χ0n) is 11.1. The highest BCUT2D eigenvalue weighted by Crippen LogP contribution is 2.09. The predicted octanol–water partition coefficient (Wildman–Crippen LogP) is 1.20. The van der Waals surface area contributed by atoms with Crippen molar-refractivity contribution in [3.8, 4) is 0 Å². The van der Waals surface area contributed by atoms with Crippen molar-refractivity contribution in [2.24, 2.45) is 11.7 Å². The van der Waals surface area contributed by atoms with Gasteiger partial charge in [0.25, 0.3) is 0 Å². The lowest BCUT2D eigenvalue weighted by Gasteiger charge is -2.08. The van der Waals surface area contributed by atoms with Crippen molar-refractivity contribution in [3.63, 3.8) is 0 Å². The normalized spacial score (nSPS) is 13.2. The van der Waals surface area contributed by atoms with Gasteiger partial charge in [-0.05, 0) is 12.8 Å². The molecule has 6 nitrogen and oxygen atoms in total. The molecule has 2 N–H and O–H groups in total. The predicted molar refractivity (Wildman–Crippen MR) is 68.8 cm³/mol. The van der Waals surface area contributed by atoms with Crippen LogP contribution in [-0.4, -0.2) is 24.5 Å². The van der Waals surface area contributed by atoms with Crippen molar-refractivity contribution < 1.29 is 0 Å². The summed E-state index contributed by atoms with van der Waals surface area (Å²) in [5.41, 5.74) is 6.84. The average Bonchev–Trinajstić information content (AvgIpc) is 2.89. The average molecular weight is 248 g/mol. The molecule has 6 heteroatoms. The molecule has 0 saturated carbocycles. The third kappa shape index (κ3) is 2.95. The first-order valence-corrected chi connectivity index (χ1v) is 6.21. The zero-order chi connectivity index (χ0) is 13.1. The molecule has 0 spiro atoms. The largest absolute Gasteiger partial charge is 0.324 e. The van der Waals surface area contributed by atoms with Crippen LogP contribution in [0, 0.1) is 5.92 Å². The molecule has 0 amide bonds. The van der Waals surface area contributed by atoms with E-state index in [1.165, 1.54) is 0 Å². The molecule has 0 aliphatic carbocycles. The van der Waals surface area contributed by atoms with E-state index in [2.05, 4.69) is 29.0 Å². The van der Waals surface area contributed by atoms with E-state index >= 15 is 0 Å². The maximum absolute atomic E-state index is 5.81. The number of rotatable bonds is 5. The Morgan fingerprint density at radius 3 is 2.67 bits per heavy atom. The Morgan fingerprint density at radius 1 is 1.28 bits per heavy atom. The lowest BCUT2D eigenvalue weighted by Crippen LogP contribution is -2.13. The van der Waals surface area contributed by atoms with E-state index in [1.54, 1.807) is 12.5 Å². The molecule has 0 radical (unpaired) electrons.